The van der Waals surface area contributed by atoms with Gasteiger partial charge in [0.05, 0.1) is 26.4 Å². The molecule has 2 aliphatic rings. The SMILES string of the molecule is O=C1CCOc2cccc(OCCCCN3CCOCC3)c21. The van der Waals surface area contributed by atoms with Crippen LogP contribution in [0.5, 0.6) is 11.5 Å². The van der Waals surface area contributed by atoms with Gasteiger partial charge in [0, 0.05) is 19.5 Å². The van der Waals surface area contributed by atoms with E-state index >= 15 is 0 Å². The van der Waals surface area contributed by atoms with Crippen molar-refractivity contribution in [2.24, 2.45) is 0 Å². The molecule has 120 valence electrons. The minimum atomic E-state index is 0.116. The summed E-state index contributed by atoms with van der Waals surface area (Å²) >= 11 is 0. The molecule has 0 bridgehead atoms. The Morgan fingerprint density at radius 2 is 2.00 bits per heavy atom. The first-order valence-corrected chi connectivity index (χ1v) is 8.06. The van der Waals surface area contributed by atoms with Gasteiger partial charge in [-0.25, -0.2) is 0 Å². The molecule has 0 radical (unpaired) electrons. The fourth-order valence-electron chi connectivity index (χ4n) is 2.85. The minimum Gasteiger partial charge on any atom is -0.493 e. The van der Waals surface area contributed by atoms with E-state index in [0.717, 1.165) is 45.7 Å². The van der Waals surface area contributed by atoms with Crippen LogP contribution >= 0.6 is 0 Å². The smallest absolute Gasteiger partial charge is 0.173 e. The Kier molecular flexibility index (Phi) is 5.29. The standard InChI is InChI=1S/C17H23NO4/c19-14-6-11-22-16-5-3-4-15(17(14)16)21-10-2-1-7-18-8-12-20-13-9-18/h3-5H,1-2,6-13H2. The first-order chi connectivity index (χ1) is 10.8. The highest BCUT2D eigenvalue weighted by atomic mass is 16.5. The number of nitrogens with zero attached hydrogens (tertiary/aromatic N) is 1. The average Bonchev–Trinajstić information content (AvgIpc) is 2.56. The average molecular weight is 305 g/mol. The molecule has 0 atom stereocenters. The number of hydrogen-bond acceptors (Lipinski definition) is 5. The maximum atomic E-state index is 12.0. The molecule has 0 N–H and O–H groups in total. The lowest BCUT2D eigenvalue weighted by atomic mass is 10.0. The normalized spacial score (nSPS) is 18.6. The van der Waals surface area contributed by atoms with E-state index in [0.29, 0.717) is 36.7 Å². The number of carbonyl (C=O) groups excluding carboxylic acids is 1. The molecule has 1 aromatic carbocycles. The summed E-state index contributed by atoms with van der Waals surface area (Å²) in [6.07, 6.45) is 2.51. The van der Waals surface area contributed by atoms with E-state index in [1.165, 1.54) is 0 Å². The number of hydrogen-bond donors (Lipinski definition) is 0. The molecular weight excluding hydrogens is 282 g/mol. The van der Waals surface area contributed by atoms with E-state index in [4.69, 9.17) is 14.2 Å². The van der Waals surface area contributed by atoms with Crippen LogP contribution in [0.2, 0.25) is 0 Å². The van der Waals surface area contributed by atoms with E-state index in [1.54, 1.807) is 0 Å². The summed E-state index contributed by atoms with van der Waals surface area (Å²) in [5.74, 6) is 1.43. The van der Waals surface area contributed by atoms with E-state index in [9.17, 15) is 4.79 Å². The largest absolute Gasteiger partial charge is 0.493 e. The lowest BCUT2D eigenvalue weighted by molar-refractivity contribution is 0.0368. The van der Waals surface area contributed by atoms with Crippen molar-refractivity contribution in [2.75, 3.05) is 46.1 Å². The molecule has 0 aromatic heterocycles. The van der Waals surface area contributed by atoms with Crippen LogP contribution in [0.15, 0.2) is 18.2 Å². The van der Waals surface area contributed by atoms with Gasteiger partial charge in [-0.1, -0.05) is 6.07 Å². The molecule has 0 unspecified atom stereocenters. The number of unbranched alkanes of at least 4 members (excludes halogenated alkanes) is 1. The number of Topliss-reactive ketones (excluding diaryl/α,β-unsaturated/α-hetero) is 1. The van der Waals surface area contributed by atoms with Gasteiger partial charge in [-0.05, 0) is 31.5 Å². The summed E-state index contributed by atoms with van der Waals surface area (Å²) in [6.45, 7) is 5.92. The predicted octanol–water partition coefficient (Wildman–Crippen LogP) is 2.14. The Labute approximate surface area is 131 Å². The van der Waals surface area contributed by atoms with E-state index in [1.807, 2.05) is 18.2 Å². The summed E-state index contributed by atoms with van der Waals surface area (Å²) in [6, 6.07) is 5.56. The van der Waals surface area contributed by atoms with Crippen molar-refractivity contribution in [1.82, 2.24) is 4.90 Å². The summed E-state index contributed by atoms with van der Waals surface area (Å²) in [5, 5.41) is 0. The molecule has 5 heteroatoms. The molecule has 22 heavy (non-hydrogen) atoms. The summed E-state index contributed by atoms with van der Waals surface area (Å²) in [5.41, 5.74) is 0.613. The molecule has 5 nitrogen and oxygen atoms in total. The highest BCUT2D eigenvalue weighted by Gasteiger charge is 2.22. The first kappa shape index (κ1) is 15.3. The molecule has 2 aliphatic heterocycles. The number of rotatable bonds is 6. The first-order valence-electron chi connectivity index (χ1n) is 8.06. The Balaban J connectivity index is 1.45. The molecule has 0 aliphatic carbocycles. The number of ether oxygens (including phenoxy) is 3. The monoisotopic (exact) mass is 305 g/mol. The molecule has 2 heterocycles. The number of carbonyl (C=O) groups is 1. The second-order valence-electron chi connectivity index (χ2n) is 5.66. The molecule has 0 saturated carbocycles. The van der Waals surface area contributed by atoms with Gasteiger partial charge in [0.2, 0.25) is 0 Å². The lowest BCUT2D eigenvalue weighted by Gasteiger charge is -2.26. The Hall–Kier alpha value is -1.59. The van der Waals surface area contributed by atoms with Gasteiger partial charge in [0.25, 0.3) is 0 Å². The van der Waals surface area contributed by atoms with Crippen molar-refractivity contribution >= 4 is 5.78 Å². The van der Waals surface area contributed by atoms with Crippen LogP contribution in [0.3, 0.4) is 0 Å². The van der Waals surface area contributed by atoms with Crippen LogP contribution in [0.25, 0.3) is 0 Å². The quantitative estimate of drug-likeness (QED) is 0.754. The van der Waals surface area contributed by atoms with Gasteiger partial charge in [-0.15, -0.1) is 0 Å². The highest BCUT2D eigenvalue weighted by Crippen LogP contribution is 2.32. The zero-order chi connectivity index (χ0) is 15.2. The molecule has 0 amide bonds. The third-order valence-electron chi connectivity index (χ3n) is 4.08. The topological polar surface area (TPSA) is 48.0 Å². The zero-order valence-electron chi connectivity index (χ0n) is 12.9. The number of morpholine rings is 1. The van der Waals surface area contributed by atoms with E-state index in [2.05, 4.69) is 4.90 Å². The molecule has 1 saturated heterocycles. The number of ketones is 1. The van der Waals surface area contributed by atoms with Crippen LogP contribution in [0, 0.1) is 0 Å². The van der Waals surface area contributed by atoms with Crippen molar-refractivity contribution in [3.8, 4) is 11.5 Å². The van der Waals surface area contributed by atoms with E-state index < -0.39 is 0 Å². The third-order valence-corrected chi connectivity index (χ3v) is 4.08. The van der Waals surface area contributed by atoms with Gasteiger partial charge in [0.1, 0.15) is 17.1 Å². The van der Waals surface area contributed by atoms with Crippen molar-refractivity contribution in [1.29, 1.82) is 0 Å². The van der Waals surface area contributed by atoms with Crippen molar-refractivity contribution in [3.63, 3.8) is 0 Å². The molecule has 1 fully saturated rings. The van der Waals surface area contributed by atoms with Gasteiger partial charge in [0.15, 0.2) is 5.78 Å². The minimum absolute atomic E-state index is 0.116. The second-order valence-corrected chi connectivity index (χ2v) is 5.66. The van der Waals surface area contributed by atoms with E-state index in [-0.39, 0.29) is 5.78 Å². The van der Waals surface area contributed by atoms with Crippen molar-refractivity contribution < 1.29 is 19.0 Å². The van der Waals surface area contributed by atoms with Crippen molar-refractivity contribution in [2.45, 2.75) is 19.3 Å². The van der Waals surface area contributed by atoms with Gasteiger partial charge >= 0.3 is 0 Å². The Morgan fingerprint density at radius 1 is 1.14 bits per heavy atom. The van der Waals surface area contributed by atoms with Crippen LogP contribution in [-0.2, 0) is 4.74 Å². The maximum absolute atomic E-state index is 12.0. The van der Waals surface area contributed by atoms with Crippen LogP contribution in [-0.4, -0.2) is 56.7 Å². The fourth-order valence-corrected chi connectivity index (χ4v) is 2.85. The summed E-state index contributed by atoms with van der Waals surface area (Å²) < 4.78 is 16.7. The van der Waals surface area contributed by atoms with Crippen LogP contribution in [0.4, 0.5) is 0 Å². The number of fused-ring (bicyclic) bond motifs is 1. The third kappa shape index (κ3) is 3.78. The van der Waals surface area contributed by atoms with Crippen LogP contribution < -0.4 is 9.47 Å². The predicted molar refractivity (Wildman–Crippen MR) is 82.9 cm³/mol. The second kappa shape index (κ2) is 7.61. The molecular formula is C17H23NO4. The molecule has 0 spiro atoms. The zero-order valence-corrected chi connectivity index (χ0v) is 12.9. The number of benzene rings is 1. The van der Waals surface area contributed by atoms with Gasteiger partial charge in [-0.2, -0.15) is 0 Å². The van der Waals surface area contributed by atoms with Crippen molar-refractivity contribution in [3.05, 3.63) is 23.8 Å². The van der Waals surface area contributed by atoms with Gasteiger partial charge in [-0.3, -0.25) is 9.69 Å². The maximum Gasteiger partial charge on any atom is 0.173 e. The molecule has 1 aromatic rings. The Bertz CT molecular complexity index is 511. The summed E-state index contributed by atoms with van der Waals surface area (Å²) in [4.78, 5) is 14.4. The summed E-state index contributed by atoms with van der Waals surface area (Å²) in [7, 11) is 0. The highest BCUT2D eigenvalue weighted by molar-refractivity contribution is 6.02. The Morgan fingerprint density at radius 3 is 2.86 bits per heavy atom. The van der Waals surface area contributed by atoms with Gasteiger partial charge < -0.3 is 14.2 Å². The van der Waals surface area contributed by atoms with Crippen LogP contribution in [0.1, 0.15) is 29.6 Å². The lowest BCUT2D eigenvalue weighted by Crippen LogP contribution is -2.36. The molecule has 3 rings (SSSR count). The fraction of sp³-hybridized carbons (Fsp3) is 0.588.